The highest BCUT2D eigenvalue weighted by molar-refractivity contribution is 9.10. The summed E-state index contributed by atoms with van der Waals surface area (Å²) in [6, 6.07) is 11.8. The molecule has 2 aromatic carbocycles. The van der Waals surface area contributed by atoms with E-state index in [1.54, 1.807) is 42.5 Å². The van der Waals surface area contributed by atoms with Gasteiger partial charge in [0.1, 0.15) is 0 Å². The molecule has 0 unspecified atom stereocenters. The lowest BCUT2D eigenvalue weighted by Gasteiger charge is -2.15. The highest BCUT2D eigenvalue weighted by Gasteiger charge is 2.25. The second kappa shape index (κ2) is 8.08. The number of amides is 1. The van der Waals surface area contributed by atoms with E-state index < -0.39 is 10.0 Å². The van der Waals surface area contributed by atoms with Crippen LogP contribution in [0, 0.1) is 0 Å². The Balaban J connectivity index is 1.66. The van der Waals surface area contributed by atoms with Gasteiger partial charge in [0.05, 0.1) is 10.8 Å². The molecule has 1 fully saturated rings. The molecule has 0 aromatic heterocycles. The Bertz CT molecular complexity index is 911. The summed E-state index contributed by atoms with van der Waals surface area (Å²) < 4.78 is 27.0. The average Bonchev–Trinajstić information content (AvgIpc) is 3.14. The molecule has 0 saturated carbocycles. The van der Waals surface area contributed by atoms with Crippen molar-refractivity contribution in [1.82, 2.24) is 4.31 Å². The van der Waals surface area contributed by atoms with Crippen LogP contribution in [0.2, 0.25) is 5.02 Å². The maximum absolute atomic E-state index is 12.4. The Morgan fingerprint density at radius 1 is 1.12 bits per heavy atom. The fraction of sp³-hybridized carbons (Fsp3) is 0.278. The van der Waals surface area contributed by atoms with Gasteiger partial charge in [-0.05, 0) is 64.7 Å². The van der Waals surface area contributed by atoms with Gasteiger partial charge in [-0.1, -0.05) is 23.7 Å². The number of carbonyl (C=O) groups excluding carboxylic acids is 1. The first-order valence-corrected chi connectivity index (χ1v) is 11.0. The molecule has 0 atom stereocenters. The van der Waals surface area contributed by atoms with Gasteiger partial charge in [0, 0.05) is 28.8 Å². The highest BCUT2D eigenvalue weighted by Crippen LogP contribution is 2.26. The number of nitrogens with zero attached hydrogens (tertiary/aromatic N) is 1. The van der Waals surface area contributed by atoms with E-state index in [2.05, 4.69) is 21.2 Å². The van der Waals surface area contributed by atoms with E-state index in [4.69, 9.17) is 11.6 Å². The molecule has 138 valence electrons. The fourth-order valence-electron chi connectivity index (χ4n) is 2.80. The maximum atomic E-state index is 12.4. The number of rotatable bonds is 5. The van der Waals surface area contributed by atoms with Gasteiger partial charge in [0.15, 0.2) is 0 Å². The lowest BCUT2D eigenvalue weighted by Crippen LogP contribution is -2.29. The first-order chi connectivity index (χ1) is 12.3. The topological polar surface area (TPSA) is 66.5 Å². The van der Waals surface area contributed by atoms with E-state index in [1.165, 1.54) is 4.31 Å². The van der Waals surface area contributed by atoms with E-state index in [-0.39, 0.29) is 11.7 Å². The van der Waals surface area contributed by atoms with Crippen molar-refractivity contribution < 1.29 is 13.2 Å². The molecule has 1 N–H and O–H groups in total. The third kappa shape index (κ3) is 4.65. The molecule has 2 aromatic rings. The van der Waals surface area contributed by atoms with E-state index in [9.17, 15) is 13.2 Å². The minimum Gasteiger partial charge on any atom is -0.322 e. The van der Waals surface area contributed by atoms with Crippen LogP contribution in [0.5, 0.6) is 0 Å². The Hall–Kier alpha value is -1.41. The standard InChI is InChI=1S/C18H18BrClN2O3S/c19-16-8-7-15(11-17(16)20)21-18(23)14-5-3-13(4-6-14)12-26(24,25)22-9-1-2-10-22/h3-8,11H,1-2,9-10,12H2,(H,21,23). The van der Waals surface area contributed by atoms with Crippen LogP contribution in [0.4, 0.5) is 5.69 Å². The summed E-state index contributed by atoms with van der Waals surface area (Å²) in [5, 5.41) is 3.27. The largest absolute Gasteiger partial charge is 0.322 e. The molecule has 0 spiro atoms. The van der Waals surface area contributed by atoms with Gasteiger partial charge in [0.25, 0.3) is 5.91 Å². The molecule has 0 aliphatic carbocycles. The summed E-state index contributed by atoms with van der Waals surface area (Å²) >= 11 is 9.32. The Morgan fingerprint density at radius 3 is 2.38 bits per heavy atom. The van der Waals surface area contributed by atoms with Gasteiger partial charge >= 0.3 is 0 Å². The number of nitrogens with one attached hydrogen (secondary N) is 1. The minimum absolute atomic E-state index is 0.0444. The van der Waals surface area contributed by atoms with Crippen molar-refractivity contribution >= 4 is 49.1 Å². The number of hydrogen-bond donors (Lipinski definition) is 1. The second-order valence-electron chi connectivity index (χ2n) is 6.14. The third-order valence-electron chi connectivity index (χ3n) is 4.20. The van der Waals surface area contributed by atoms with Gasteiger partial charge in [-0.3, -0.25) is 4.79 Å². The van der Waals surface area contributed by atoms with Gasteiger partial charge in [-0.25, -0.2) is 12.7 Å². The zero-order chi connectivity index (χ0) is 18.7. The number of hydrogen-bond acceptors (Lipinski definition) is 3. The molecule has 8 heteroatoms. The Labute approximate surface area is 166 Å². The summed E-state index contributed by atoms with van der Waals surface area (Å²) in [7, 11) is -3.29. The minimum atomic E-state index is -3.29. The lowest BCUT2D eigenvalue weighted by molar-refractivity contribution is 0.102. The molecular formula is C18H18BrClN2O3S. The van der Waals surface area contributed by atoms with Crippen molar-refractivity contribution in [3.63, 3.8) is 0 Å². The van der Waals surface area contributed by atoms with Crippen LogP contribution in [0.3, 0.4) is 0 Å². The van der Waals surface area contributed by atoms with Crippen molar-refractivity contribution in [3.8, 4) is 0 Å². The maximum Gasteiger partial charge on any atom is 0.255 e. The van der Waals surface area contributed by atoms with Crippen LogP contribution in [-0.4, -0.2) is 31.7 Å². The average molecular weight is 458 g/mol. The van der Waals surface area contributed by atoms with Crippen LogP contribution < -0.4 is 5.32 Å². The van der Waals surface area contributed by atoms with Crippen LogP contribution >= 0.6 is 27.5 Å². The monoisotopic (exact) mass is 456 g/mol. The predicted octanol–water partition coefficient (Wildman–Crippen LogP) is 4.28. The van der Waals surface area contributed by atoms with E-state index in [1.807, 2.05) is 0 Å². The van der Waals surface area contributed by atoms with E-state index >= 15 is 0 Å². The van der Waals surface area contributed by atoms with Gasteiger partial charge in [-0.2, -0.15) is 0 Å². The lowest BCUT2D eigenvalue weighted by atomic mass is 10.1. The number of benzene rings is 2. The Kier molecular flexibility index (Phi) is 6.02. The third-order valence-corrected chi connectivity index (χ3v) is 7.28. The van der Waals surface area contributed by atoms with Crippen LogP contribution in [0.25, 0.3) is 0 Å². The van der Waals surface area contributed by atoms with Gasteiger partial charge in [0.2, 0.25) is 10.0 Å². The molecule has 1 aliphatic rings. The second-order valence-corrected chi connectivity index (χ2v) is 9.37. The first kappa shape index (κ1) is 19.4. The van der Waals surface area contributed by atoms with Crippen LogP contribution in [0.15, 0.2) is 46.9 Å². The number of carbonyl (C=O) groups is 1. The number of halogens is 2. The molecule has 1 aliphatic heterocycles. The molecule has 1 amide bonds. The van der Waals surface area contributed by atoms with Crippen molar-refractivity contribution in [1.29, 1.82) is 0 Å². The molecule has 1 saturated heterocycles. The van der Waals surface area contributed by atoms with E-state index in [0.717, 1.165) is 17.3 Å². The van der Waals surface area contributed by atoms with Gasteiger partial charge in [-0.15, -0.1) is 0 Å². The number of sulfonamides is 1. The van der Waals surface area contributed by atoms with Crippen molar-refractivity contribution in [2.75, 3.05) is 18.4 Å². The first-order valence-electron chi connectivity index (χ1n) is 8.18. The molecule has 0 bridgehead atoms. The summed E-state index contributed by atoms with van der Waals surface area (Å²) in [5.41, 5.74) is 1.70. The van der Waals surface area contributed by atoms with Gasteiger partial charge < -0.3 is 5.32 Å². The molecule has 5 nitrogen and oxygen atoms in total. The molecule has 3 rings (SSSR count). The highest BCUT2D eigenvalue weighted by atomic mass is 79.9. The quantitative estimate of drug-likeness (QED) is 0.729. The Morgan fingerprint density at radius 2 is 1.77 bits per heavy atom. The van der Waals surface area contributed by atoms with Crippen molar-refractivity contribution in [3.05, 3.63) is 63.1 Å². The fourth-order valence-corrected chi connectivity index (χ4v) is 4.84. The summed E-state index contributed by atoms with van der Waals surface area (Å²) in [5.74, 6) is -0.325. The molecule has 26 heavy (non-hydrogen) atoms. The zero-order valence-electron chi connectivity index (χ0n) is 13.9. The van der Waals surface area contributed by atoms with Crippen LogP contribution in [0.1, 0.15) is 28.8 Å². The molecular weight excluding hydrogens is 440 g/mol. The summed E-state index contributed by atoms with van der Waals surface area (Å²) in [6.07, 6.45) is 1.83. The summed E-state index contributed by atoms with van der Waals surface area (Å²) in [4.78, 5) is 12.3. The smallest absolute Gasteiger partial charge is 0.255 e. The number of anilines is 1. The van der Waals surface area contributed by atoms with E-state index in [0.29, 0.717) is 34.9 Å². The SMILES string of the molecule is O=C(Nc1ccc(Br)c(Cl)c1)c1ccc(CS(=O)(=O)N2CCCC2)cc1. The van der Waals surface area contributed by atoms with Crippen molar-refractivity contribution in [2.45, 2.75) is 18.6 Å². The summed E-state index contributed by atoms with van der Waals surface area (Å²) in [6.45, 7) is 1.19. The molecule has 1 heterocycles. The van der Waals surface area contributed by atoms with Crippen LogP contribution in [-0.2, 0) is 15.8 Å². The molecule has 0 radical (unpaired) electrons. The van der Waals surface area contributed by atoms with Crippen molar-refractivity contribution in [2.24, 2.45) is 0 Å². The zero-order valence-corrected chi connectivity index (χ0v) is 17.1. The normalized spacial score (nSPS) is 15.2. The predicted molar refractivity (Wildman–Crippen MR) is 107 cm³/mol.